The molecule has 0 N–H and O–H groups in total. The SMILES string of the molecule is CC(=O)c1cc(C#N)c(SCCOc2ccccc2C)nc1C. The Balaban J connectivity index is 2.01. The van der Waals surface area contributed by atoms with Crippen LogP contribution in [-0.4, -0.2) is 23.1 Å². The molecule has 0 bridgehead atoms. The second kappa shape index (κ2) is 7.80. The molecule has 0 amide bonds. The summed E-state index contributed by atoms with van der Waals surface area (Å²) in [7, 11) is 0. The molecular weight excluding hydrogens is 308 g/mol. The van der Waals surface area contributed by atoms with Crippen LogP contribution in [0.5, 0.6) is 5.75 Å². The summed E-state index contributed by atoms with van der Waals surface area (Å²) in [5, 5.41) is 9.88. The average Bonchev–Trinajstić information content (AvgIpc) is 2.53. The summed E-state index contributed by atoms with van der Waals surface area (Å²) in [4.78, 5) is 15.9. The number of aromatic nitrogens is 1. The van der Waals surface area contributed by atoms with Crippen LogP contribution in [0, 0.1) is 25.2 Å². The van der Waals surface area contributed by atoms with Crippen LogP contribution in [0.15, 0.2) is 35.4 Å². The van der Waals surface area contributed by atoms with Gasteiger partial charge in [0.25, 0.3) is 0 Å². The molecule has 2 rings (SSSR count). The number of para-hydroxylation sites is 1. The maximum absolute atomic E-state index is 11.5. The van der Waals surface area contributed by atoms with E-state index in [1.807, 2.05) is 31.2 Å². The van der Waals surface area contributed by atoms with Crippen molar-refractivity contribution in [3.8, 4) is 11.8 Å². The van der Waals surface area contributed by atoms with E-state index in [2.05, 4.69) is 11.1 Å². The normalized spacial score (nSPS) is 10.2. The van der Waals surface area contributed by atoms with Crippen LogP contribution in [0.1, 0.15) is 34.1 Å². The second-order valence-electron chi connectivity index (χ2n) is 5.10. The van der Waals surface area contributed by atoms with Crippen LogP contribution in [-0.2, 0) is 0 Å². The van der Waals surface area contributed by atoms with E-state index in [0.29, 0.717) is 34.2 Å². The van der Waals surface area contributed by atoms with Gasteiger partial charge in [-0.25, -0.2) is 4.98 Å². The number of ketones is 1. The first-order chi connectivity index (χ1) is 11.0. The quantitative estimate of drug-likeness (QED) is 0.457. The van der Waals surface area contributed by atoms with Crippen molar-refractivity contribution in [2.24, 2.45) is 0 Å². The zero-order chi connectivity index (χ0) is 16.8. The van der Waals surface area contributed by atoms with Crippen LogP contribution in [0.25, 0.3) is 0 Å². The van der Waals surface area contributed by atoms with Gasteiger partial charge in [-0.05, 0) is 38.5 Å². The number of aryl methyl sites for hydroxylation is 2. The third-order valence-electron chi connectivity index (χ3n) is 3.35. The van der Waals surface area contributed by atoms with Crippen molar-refractivity contribution in [1.29, 1.82) is 5.26 Å². The van der Waals surface area contributed by atoms with Crippen LogP contribution >= 0.6 is 11.8 Å². The number of benzene rings is 1. The Kier molecular flexibility index (Phi) is 5.78. The van der Waals surface area contributed by atoms with Gasteiger partial charge in [0, 0.05) is 17.0 Å². The summed E-state index contributed by atoms with van der Waals surface area (Å²) >= 11 is 1.46. The predicted molar refractivity (Wildman–Crippen MR) is 91.1 cm³/mol. The Hall–Kier alpha value is -2.32. The predicted octanol–water partition coefficient (Wildman–Crippen LogP) is 3.94. The highest BCUT2D eigenvalue weighted by Gasteiger charge is 2.12. The Morgan fingerprint density at radius 3 is 2.74 bits per heavy atom. The highest BCUT2D eigenvalue weighted by Crippen LogP contribution is 2.23. The molecule has 1 heterocycles. The molecule has 0 aliphatic carbocycles. The van der Waals surface area contributed by atoms with Crippen molar-refractivity contribution in [2.75, 3.05) is 12.4 Å². The van der Waals surface area contributed by atoms with Crippen molar-refractivity contribution in [3.05, 3.63) is 52.7 Å². The number of hydrogen-bond acceptors (Lipinski definition) is 5. The molecule has 5 heteroatoms. The molecule has 0 atom stereocenters. The maximum atomic E-state index is 11.5. The largest absolute Gasteiger partial charge is 0.492 e. The number of pyridine rings is 1. The number of carbonyl (C=O) groups is 1. The lowest BCUT2D eigenvalue weighted by atomic mass is 10.1. The minimum absolute atomic E-state index is 0.0778. The third kappa shape index (κ3) is 4.33. The van der Waals surface area contributed by atoms with Crippen LogP contribution in [0.2, 0.25) is 0 Å². The third-order valence-corrected chi connectivity index (χ3v) is 4.31. The van der Waals surface area contributed by atoms with Gasteiger partial charge in [0.15, 0.2) is 5.78 Å². The highest BCUT2D eigenvalue weighted by molar-refractivity contribution is 7.99. The monoisotopic (exact) mass is 326 g/mol. The van der Waals surface area contributed by atoms with Gasteiger partial charge in [0.1, 0.15) is 16.8 Å². The van der Waals surface area contributed by atoms with Crippen molar-refractivity contribution < 1.29 is 9.53 Å². The zero-order valence-corrected chi connectivity index (χ0v) is 14.2. The Morgan fingerprint density at radius 1 is 1.35 bits per heavy atom. The van der Waals surface area contributed by atoms with E-state index in [-0.39, 0.29) is 5.78 Å². The van der Waals surface area contributed by atoms with Gasteiger partial charge in [0.2, 0.25) is 0 Å². The standard InChI is InChI=1S/C18H18N2O2S/c1-12-6-4-5-7-17(12)22-8-9-23-18-15(11-19)10-16(14(3)21)13(2)20-18/h4-7,10H,8-9H2,1-3H3. The molecule has 2 aromatic rings. The Bertz CT molecular complexity index is 766. The molecule has 0 spiro atoms. The van der Waals surface area contributed by atoms with Crippen LogP contribution < -0.4 is 4.74 Å². The molecule has 0 radical (unpaired) electrons. The molecule has 0 saturated heterocycles. The summed E-state index contributed by atoms with van der Waals surface area (Å²) in [6.07, 6.45) is 0. The minimum atomic E-state index is -0.0778. The molecule has 118 valence electrons. The first kappa shape index (κ1) is 17.0. The van der Waals surface area contributed by atoms with Crippen molar-refractivity contribution >= 4 is 17.5 Å². The molecule has 23 heavy (non-hydrogen) atoms. The smallest absolute Gasteiger partial charge is 0.161 e. The van der Waals surface area contributed by atoms with Gasteiger partial charge in [-0.1, -0.05) is 18.2 Å². The lowest BCUT2D eigenvalue weighted by molar-refractivity contribution is 0.101. The van der Waals surface area contributed by atoms with E-state index in [1.165, 1.54) is 18.7 Å². The number of rotatable bonds is 6. The van der Waals surface area contributed by atoms with E-state index < -0.39 is 0 Å². The van der Waals surface area contributed by atoms with Crippen molar-refractivity contribution in [3.63, 3.8) is 0 Å². The first-order valence-electron chi connectivity index (χ1n) is 7.27. The van der Waals surface area contributed by atoms with Crippen molar-refractivity contribution in [2.45, 2.75) is 25.8 Å². The lowest BCUT2D eigenvalue weighted by Crippen LogP contribution is -2.05. The number of carbonyl (C=O) groups excluding carboxylic acids is 1. The van der Waals surface area contributed by atoms with Crippen molar-refractivity contribution in [1.82, 2.24) is 4.98 Å². The molecule has 4 nitrogen and oxygen atoms in total. The topological polar surface area (TPSA) is 63.0 Å². The first-order valence-corrected chi connectivity index (χ1v) is 8.25. The van der Waals surface area contributed by atoms with Gasteiger partial charge in [-0.3, -0.25) is 4.79 Å². The Labute approximate surface area is 140 Å². The highest BCUT2D eigenvalue weighted by atomic mass is 32.2. The van der Waals surface area contributed by atoms with Gasteiger partial charge in [-0.15, -0.1) is 11.8 Å². The molecule has 0 aliphatic rings. The van der Waals surface area contributed by atoms with E-state index in [4.69, 9.17) is 4.74 Å². The van der Waals surface area contributed by atoms with Gasteiger partial charge in [0.05, 0.1) is 12.2 Å². The fourth-order valence-corrected chi connectivity index (χ4v) is 2.96. The zero-order valence-electron chi connectivity index (χ0n) is 13.4. The van der Waals surface area contributed by atoms with Crippen LogP contribution in [0.4, 0.5) is 0 Å². The van der Waals surface area contributed by atoms with E-state index in [0.717, 1.165) is 11.3 Å². The fraction of sp³-hybridized carbons (Fsp3) is 0.278. The Morgan fingerprint density at radius 2 is 2.09 bits per heavy atom. The van der Waals surface area contributed by atoms with Gasteiger partial charge >= 0.3 is 0 Å². The number of thioether (sulfide) groups is 1. The van der Waals surface area contributed by atoms with Crippen LogP contribution in [0.3, 0.4) is 0 Å². The average molecular weight is 326 g/mol. The lowest BCUT2D eigenvalue weighted by Gasteiger charge is -2.10. The number of Topliss-reactive ketones (excluding diaryl/α,β-unsaturated/α-hetero) is 1. The summed E-state index contributed by atoms with van der Waals surface area (Å²) < 4.78 is 5.74. The number of nitriles is 1. The van der Waals surface area contributed by atoms with Gasteiger partial charge < -0.3 is 4.74 Å². The number of nitrogens with zero attached hydrogens (tertiary/aromatic N) is 2. The van der Waals surface area contributed by atoms with E-state index in [9.17, 15) is 10.1 Å². The summed E-state index contributed by atoms with van der Waals surface area (Å²) in [6, 6.07) is 11.6. The second-order valence-corrected chi connectivity index (χ2v) is 6.19. The molecule has 0 unspecified atom stereocenters. The summed E-state index contributed by atoms with van der Waals surface area (Å²) in [6.45, 7) is 5.79. The maximum Gasteiger partial charge on any atom is 0.161 e. The van der Waals surface area contributed by atoms with Gasteiger partial charge in [-0.2, -0.15) is 5.26 Å². The fourth-order valence-electron chi connectivity index (χ4n) is 2.14. The molecule has 0 saturated carbocycles. The molecule has 0 aliphatic heterocycles. The molecule has 1 aromatic carbocycles. The summed E-state index contributed by atoms with van der Waals surface area (Å²) in [5.74, 6) is 1.46. The number of hydrogen-bond donors (Lipinski definition) is 0. The number of ether oxygens (including phenoxy) is 1. The molecule has 0 fully saturated rings. The summed E-state index contributed by atoms with van der Waals surface area (Å²) in [5.41, 5.74) is 2.68. The van der Waals surface area contributed by atoms with E-state index >= 15 is 0 Å². The minimum Gasteiger partial charge on any atom is -0.492 e. The molecule has 1 aromatic heterocycles. The van der Waals surface area contributed by atoms with E-state index in [1.54, 1.807) is 13.0 Å². The molecular formula is C18H18N2O2S.